The molecule has 0 fully saturated rings. The molecular weight excluding hydrogens is 508 g/mol. The van der Waals surface area contributed by atoms with Crippen LogP contribution in [-0.4, -0.2) is 20.7 Å². The minimum absolute atomic E-state index is 0.0243. The predicted octanol–water partition coefficient (Wildman–Crippen LogP) is 6.27. The van der Waals surface area contributed by atoms with Crippen LogP contribution in [0.15, 0.2) is 48.7 Å². The first-order chi connectivity index (χ1) is 15.9. The molecule has 0 atom stereocenters. The molecule has 1 N–H and O–H groups in total. The standard InChI is InChI=1S/C19H9Cl2F3N4O6/c20-14-12(19(22,23)24)8-13(27(30)31)16(15(14)28(32)33)34-10-4-1-3-9(7-10)26-18(29)11-5-2-6-25-17(11)21/h1-8H,(H,26,29). The van der Waals surface area contributed by atoms with Crippen molar-refractivity contribution in [2.45, 2.75) is 6.18 Å². The monoisotopic (exact) mass is 516 g/mol. The Morgan fingerprint density at radius 1 is 1.06 bits per heavy atom. The molecule has 0 bridgehead atoms. The second-order valence-electron chi connectivity index (χ2n) is 6.37. The van der Waals surface area contributed by atoms with Crippen molar-refractivity contribution < 1.29 is 32.5 Å². The molecule has 34 heavy (non-hydrogen) atoms. The van der Waals surface area contributed by atoms with Crippen LogP contribution in [-0.2, 0) is 6.18 Å². The van der Waals surface area contributed by atoms with Crippen LogP contribution in [0.25, 0.3) is 0 Å². The molecule has 1 aromatic heterocycles. The van der Waals surface area contributed by atoms with Crippen molar-refractivity contribution in [2.75, 3.05) is 5.32 Å². The molecule has 0 saturated heterocycles. The van der Waals surface area contributed by atoms with Gasteiger partial charge in [0.25, 0.3) is 11.7 Å². The summed E-state index contributed by atoms with van der Waals surface area (Å²) in [5, 5.41) is 23.8. The number of hydrogen-bond donors (Lipinski definition) is 1. The van der Waals surface area contributed by atoms with E-state index in [4.69, 9.17) is 27.9 Å². The number of pyridine rings is 1. The Balaban J connectivity index is 2.04. The first-order valence-electron chi connectivity index (χ1n) is 8.82. The number of nitrogens with one attached hydrogen (secondary N) is 1. The number of nitro groups is 2. The van der Waals surface area contributed by atoms with Gasteiger partial charge in [0.2, 0.25) is 0 Å². The van der Waals surface area contributed by atoms with Gasteiger partial charge in [-0.2, -0.15) is 13.2 Å². The third kappa shape index (κ3) is 5.15. The van der Waals surface area contributed by atoms with Crippen LogP contribution in [0.4, 0.5) is 30.2 Å². The van der Waals surface area contributed by atoms with Crippen LogP contribution in [0.2, 0.25) is 10.2 Å². The fraction of sp³-hybridized carbons (Fsp3) is 0.0526. The summed E-state index contributed by atoms with van der Waals surface area (Å²) in [6, 6.07) is 7.93. The Hall–Kier alpha value is -3.97. The molecule has 15 heteroatoms. The smallest absolute Gasteiger partial charge is 0.418 e. The summed E-state index contributed by atoms with van der Waals surface area (Å²) in [5.74, 6) is -2.08. The van der Waals surface area contributed by atoms with Gasteiger partial charge in [-0.3, -0.25) is 25.0 Å². The fourth-order valence-corrected chi connectivity index (χ4v) is 3.25. The van der Waals surface area contributed by atoms with E-state index in [2.05, 4.69) is 10.3 Å². The van der Waals surface area contributed by atoms with Crippen LogP contribution in [0.3, 0.4) is 0 Å². The van der Waals surface area contributed by atoms with E-state index in [1.54, 1.807) is 0 Å². The van der Waals surface area contributed by atoms with Gasteiger partial charge < -0.3 is 10.1 Å². The first kappa shape index (κ1) is 24.7. The van der Waals surface area contributed by atoms with E-state index < -0.39 is 49.6 Å². The summed E-state index contributed by atoms with van der Waals surface area (Å²) >= 11 is 11.4. The van der Waals surface area contributed by atoms with Crippen molar-refractivity contribution >= 4 is 46.2 Å². The van der Waals surface area contributed by atoms with E-state index in [-0.39, 0.29) is 28.2 Å². The van der Waals surface area contributed by atoms with Gasteiger partial charge in [-0.1, -0.05) is 29.3 Å². The van der Waals surface area contributed by atoms with Gasteiger partial charge in [-0.25, -0.2) is 4.98 Å². The molecular formula is C19H9Cl2F3N4O6. The maximum absolute atomic E-state index is 13.2. The van der Waals surface area contributed by atoms with Gasteiger partial charge in [0.1, 0.15) is 15.9 Å². The highest BCUT2D eigenvalue weighted by atomic mass is 35.5. The molecule has 10 nitrogen and oxygen atoms in total. The van der Waals surface area contributed by atoms with Crippen LogP contribution >= 0.6 is 23.2 Å². The average Bonchev–Trinajstić information content (AvgIpc) is 2.73. The number of halogens is 5. The normalized spacial score (nSPS) is 11.1. The van der Waals surface area contributed by atoms with E-state index in [0.29, 0.717) is 0 Å². The summed E-state index contributed by atoms with van der Waals surface area (Å²) in [6.45, 7) is 0. The highest BCUT2D eigenvalue weighted by Crippen LogP contribution is 2.50. The van der Waals surface area contributed by atoms with Crippen molar-refractivity contribution in [1.82, 2.24) is 4.98 Å². The van der Waals surface area contributed by atoms with E-state index >= 15 is 0 Å². The van der Waals surface area contributed by atoms with E-state index in [0.717, 1.165) is 6.07 Å². The molecule has 0 saturated carbocycles. The fourth-order valence-electron chi connectivity index (χ4n) is 2.73. The average molecular weight is 517 g/mol. The second kappa shape index (κ2) is 9.49. The van der Waals surface area contributed by atoms with Crippen LogP contribution in [0.1, 0.15) is 15.9 Å². The molecule has 1 amide bonds. The minimum atomic E-state index is -5.21. The Morgan fingerprint density at radius 3 is 2.35 bits per heavy atom. The highest BCUT2D eigenvalue weighted by molar-refractivity contribution is 6.34. The zero-order chi connectivity index (χ0) is 25.2. The lowest BCUT2D eigenvalue weighted by Gasteiger charge is -2.13. The molecule has 176 valence electrons. The number of anilines is 1. The summed E-state index contributed by atoms with van der Waals surface area (Å²) < 4.78 is 44.9. The minimum Gasteiger partial charge on any atom is -0.444 e. The lowest BCUT2D eigenvalue weighted by molar-refractivity contribution is -0.395. The third-order valence-corrected chi connectivity index (χ3v) is 4.86. The molecule has 0 aliphatic carbocycles. The lowest BCUT2D eigenvalue weighted by atomic mass is 10.1. The summed E-state index contributed by atoms with van der Waals surface area (Å²) in [5.41, 5.74) is -4.45. The Labute approximate surface area is 197 Å². The van der Waals surface area contributed by atoms with E-state index in [1.807, 2.05) is 0 Å². The zero-order valence-corrected chi connectivity index (χ0v) is 17.8. The number of rotatable bonds is 6. The van der Waals surface area contributed by atoms with Crippen molar-refractivity contribution in [2.24, 2.45) is 0 Å². The Bertz CT molecular complexity index is 1320. The number of nitro benzene ring substituents is 2. The van der Waals surface area contributed by atoms with Crippen molar-refractivity contribution in [3.63, 3.8) is 0 Å². The number of hydrogen-bond acceptors (Lipinski definition) is 7. The predicted molar refractivity (Wildman–Crippen MR) is 113 cm³/mol. The number of carbonyl (C=O) groups excluding carboxylic acids is 1. The number of alkyl halides is 3. The number of benzene rings is 2. The zero-order valence-electron chi connectivity index (χ0n) is 16.3. The van der Waals surface area contributed by atoms with Gasteiger partial charge in [0.15, 0.2) is 0 Å². The van der Waals surface area contributed by atoms with Crippen molar-refractivity contribution in [1.29, 1.82) is 0 Å². The van der Waals surface area contributed by atoms with Crippen LogP contribution < -0.4 is 10.1 Å². The van der Waals surface area contributed by atoms with Crippen LogP contribution in [0.5, 0.6) is 11.5 Å². The molecule has 3 rings (SSSR count). The SMILES string of the molecule is O=C(Nc1cccc(Oc2c([N+](=O)[O-])cc(C(F)(F)F)c(Cl)c2[N+](=O)[O-])c1)c1cccnc1Cl. The highest BCUT2D eigenvalue weighted by Gasteiger charge is 2.43. The lowest BCUT2D eigenvalue weighted by Crippen LogP contribution is -2.13. The van der Waals surface area contributed by atoms with Gasteiger partial charge >= 0.3 is 17.6 Å². The summed E-state index contributed by atoms with van der Waals surface area (Å²) in [6.07, 6.45) is -3.84. The number of nitrogens with zero attached hydrogens (tertiary/aromatic N) is 3. The maximum atomic E-state index is 13.2. The molecule has 0 spiro atoms. The summed E-state index contributed by atoms with van der Waals surface area (Å²) in [7, 11) is 0. The first-order valence-corrected chi connectivity index (χ1v) is 9.58. The van der Waals surface area contributed by atoms with Gasteiger partial charge in [-0.15, -0.1) is 0 Å². The molecule has 3 aromatic rings. The Morgan fingerprint density at radius 2 is 1.76 bits per heavy atom. The van der Waals surface area contributed by atoms with E-state index in [9.17, 15) is 38.2 Å². The largest absolute Gasteiger partial charge is 0.444 e. The quantitative estimate of drug-likeness (QED) is 0.231. The molecule has 2 aromatic carbocycles. The number of carbonyl (C=O) groups is 1. The second-order valence-corrected chi connectivity index (χ2v) is 7.11. The van der Waals surface area contributed by atoms with Crippen molar-refractivity contribution in [3.05, 3.63) is 90.2 Å². The van der Waals surface area contributed by atoms with E-state index in [1.165, 1.54) is 36.5 Å². The maximum Gasteiger partial charge on any atom is 0.418 e. The van der Waals surface area contributed by atoms with Crippen molar-refractivity contribution in [3.8, 4) is 11.5 Å². The van der Waals surface area contributed by atoms with Gasteiger partial charge in [-0.05, 0) is 24.3 Å². The van der Waals surface area contributed by atoms with Gasteiger partial charge in [0, 0.05) is 24.0 Å². The summed E-state index contributed by atoms with van der Waals surface area (Å²) in [4.78, 5) is 36.4. The third-order valence-electron chi connectivity index (χ3n) is 4.17. The van der Waals surface area contributed by atoms with Crippen LogP contribution in [0, 0.1) is 20.2 Å². The molecule has 0 aliphatic rings. The molecule has 0 radical (unpaired) electrons. The Kier molecular flexibility index (Phi) is 6.88. The molecule has 1 heterocycles. The topological polar surface area (TPSA) is 138 Å². The number of amides is 1. The number of ether oxygens (including phenoxy) is 1. The number of aromatic nitrogens is 1. The molecule has 0 aliphatic heterocycles. The molecule has 0 unspecified atom stereocenters. The van der Waals surface area contributed by atoms with Gasteiger partial charge in [0.05, 0.1) is 21.0 Å².